The van der Waals surface area contributed by atoms with Crippen LogP contribution in [0.15, 0.2) is 54.6 Å². The fourth-order valence-corrected chi connectivity index (χ4v) is 3.55. The van der Waals surface area contributed by atoms with Gasteiger partial charge in [0.2, 0.25) is 5.91 Å². The lowest BCUT2D eigenvalue weighted by atomic mass is 9.99. The van der Waals surface area contributed by atoms with Crippen molar-refractivity contribution in [2.45, 2.75) is 52.1 Å². The van der Waals surface area contributed by atoms with Gasteiger partial charge in [0, 0.05) is 5.56 Å². The van der Waals surface area contributed by atoms with Crippen LogP contribution in [0.25, 0.3) is 0 Å². The van der Waals surface area contributed by atoms with Crippen molar-refractivity contribution in [1.29, 1.82) is 5.26 Å². The van der Waals surface area contributed by atoms with Crippen molar-refractivity contribution in [2.24, 2.45) is 5.92 Å². The lowest BCUT2D eigenvalue weighted by Crippen LogP contribution is -2.38. The second-order valence-corrected chi connectivity index (χ2v) is 13.8. The van der Waals surface area contributed by atoms with E-state index in [1.54, 1.807) is 0 Å². The quantitative estimate of drug-likeness (QED) is 0.360. The number of nitriles is 1. The van der Waals surface area contributed by atoms with Crippen LogP contribution in [0.4, 0.5) is 0 Å². The van der Waals surface area contributed by atoms with Crippen molar-refractivity contribution in [3.63, 3.8) is 0 Å². The molecule has 5 heteroatoms. The summed E-state index contributed by atoms with van der Waals surface area (Å²) in [6.45, 7) is 10.7. The van der Waals surface area contributed by atoms with Crippen molar-refractivity contribution in [1.82, 2.24) is 5.32 Å². The maximum absolute atomic E-state index is 12.7. The second-order valence-electron chi connectivity index (χ2n) is 9.04. The summed E-state index contributed by atoms with van der Waals surface area (Å²) in [5, 5.41) is 11.5. The number of carbonyl (C=O) groups is 1. The molecule has 31 heavy (non-hydrogen) atoms. The van der Waals surface area contributed by atoms with E-state index < -0.39 is 20.3 Å². The topological polar surface area (TPSA) is 62.1 Å². The Hall–Kier alpha value is -2.86. The Morgan fingerprint density at radius 3 is 2.19 bits per heavy atom. The summed E-state index contributed by atoms with van der Waals surface area (Å²) < 4.78 is 6.40. The molecule has 0 radical (unpaired) electrons. The third-order valence-corrected chi connectivity index (χ3v) is 5.39. The summed E-state index contributed by atoms with van der Waals surface area (Å²) >= 11 is 0. The Morgan fingerprint density at radius 2 is 1.65 bits per heavy atom. The van der Waals surface area contributed by atoms with Crippen molar-refractivity contribution < 1.29 is 9.53 Å². The van der Waals surface area contributed by atoms with Crippen LogP contribution in [0, 0.1) is 28.7 Å². The predicted octanol–water partition coefficient (Wildman–Crippen LogP) is 5.08. The van der Waals surface area contributed by atoms with Gasteiger partial charge in [-0.05, 0) is 35.6 Å². The fraction of sp³-hybridized carbons (Fsp3) is 0.385. The molecular weight excluding hydrogens is 400 g/mol. The van der Waals surface area contributed by atoms with E-state index in [1.807, 2.05) is 60.7 Å². The number of nitrogens with zero attached hydrogens (tertiary/aromatic N) is 1. The maximum Gasteiger partial charge on any atom is 0.250 e. The van der Waals surface area contributed by atoms with E-state index in [9.17, 15) is 4.79 Å². The molecule has 1 N–H and O–H groups in total. The van der Waals surface area contributed by atoms with Crippen LogP contribution in [-0.4, -0.2) is 26.6 Å². The highest BCUT2D eigenvalue weighted by Gasteiger charge is 2.26. The van der Waals surface area contributed by atoms with Crippen LogP contribution >= 0.6 is 0 Å². The van der Waals surface area contributed by atoms with Gasteiger partial charge in [-0.25, -0.2) is 0 Å². The first kappa shape index (κ1) is 24.4. The summed E-state index contributed by atoms with van der Waals surface area (Å²) in [6.07, 6.45) is -0.470. The van der Waals surface area contributed by atoms with Crippen LogP contribution in [-0.2, 0) is 9.53 Å². The SMILES string of the molecule is CC(C)C[C@H](O[C@H](c1ccccc1)c1ccc(C#C[Si](C)(C)C)cc1)C(=O)NCC#N. The molecule has 0 bridgehead atoms. The zero-order chi connectivity index (χ0) is 22.9. The van der Waals surface area contributed by atoms with E-state index >= 15 is 0 Å². The molecule has 4 nitrogen and oxygen atoms in total. The summed E-state index contributed by atoms with van der Waals surface area (Å²) in [5.41, 5.74) is 6.30. The largest absolute Gasteiger partial charge is 0.356 e. The van der Waals surface area contributed by atoms with E-state index in [2.05, 4.69) is 50.3 Å². The number of amides is 1. The van der Waals surface area contributed by atoms with Crippen molar-refractivity contribution in [2.75, 3.05) is 6.54 Å². The molecule has 0 unspecified atom stereocenters. The van der Waals surface area contributed by atoms with Gasteiger partial charge in [-0.1, -0.05) is 81.9 Å². The molecule has 0 spiro atoms. The average molecular weight is 433 g/mol. The van der Waals surface area contributed by atoms with Gasteiger partial charge in [-0.3, -0.25) is 4.79 Å². The molecule has 2 rings (SSSR count). The van der Waals surface area contributed by atoms with Gasteiger partial charge in [0.15, 0.2) is 0 Å². The lowest BCUT2D eigenvalue weighted by molar-refractivity contribution is -0.136. The number of ether oxygens (including phenoxy) is 1. The molecule has 2 atom stereocenters. The number of benzene rings is 2. The van der Waals surface area contributed by atoms with Crippen LogP contribution in [0.2, 0.25) is 19.6 Å². The van der Waals surface area contributed by atoms with E-state index in [-0.39, 0.29) is 18.4 Å². The highest BCUT2D eigenvalue weighted by Crippen LogP contribution is 2.29. The van der Waals surface area contributed by atoms with Crippen LogP contribution in [0.1, 0.15) is 43.1 Å². The average Bonchev–Trinajstić information content (AvgIpc) is 2.73. The highest BCUT2D eigenvalue weighted by atomic mass is 28.3. The Morgan fingerprint density at radius 1 is 1.03 bits per heavy atom. The minimum Gasteiger partial charge on any atom is -0.356 e. The van der Waals surface area contributed by atoms with Gasteiger partial charge < -0.3 is 10.1 Å². The maximum atomic E-state index is 12.7. The molecule has 0 aliphatic carbocycles. The minimum atomic E-state index is -1.44. The molecule has 2 aromatic carbocycles. The Bertz CT molecular complexity index is 945. The van der Waals surface area contributed by atoms with Crippen LogP contribution in [0.5, 0.6) is 0 Å². The third kappa shape index (κ3) is 8.42. The van der Waals surface area contributed by atoms with E-state index in [1.165, 1.54) is 0 Å². The van der Waals surface area contributed by atoms with Crippen LogP contribution in [0.3, 0.4) is 0 Å². The van der Waals surface area contributed by atoms with Crippen molar-refractivity contribution in [3.05, 3.63) is 71.3 Å². The first-order chi connectivity index (χ1) is 14.7. The molecule has 0 saturated carbocycles. The van der Waals surface area contributed by atoms with Crippen molar-refractivity contribution in [3.8, 4) is 17.5 Å². The molecule has 162 valence electrons. The zero-order valence-electron chi connectivity index (χ0n) is 19.1. The van der Waals surface area contributed by atoms with Gasteiger partial charge in [0.1, 0.15) is 26.8 Å². The predicted molar refractivity (Wildman–Crippen MR) is 128 cm³/mol. The Kier molecular flexibility index (Phi) is 9.06. The number of carbonyl (C=O) groups excluding carboxylic acids is 1. The van der Waals surface area contributed by atoms with Crippen molar-refractivity contribution >= 4 is 14.0 Å². The first-order valence-electron chi connectivity index (χ1n) is 10.7. The van der Waals surface area contributed by atoms with E-state index in [4.69, 9.17) is 10.00 Å². The molecule has 2 aromatic rings. The normalized spacial score (nSPS) is 12.9. The molecule has 0 aliphatic heterocycles. The van der Waals surface area contributed by atoms with Gasteiger partial charge in [-0.15, -0.1) is 5.54 Å². The van der Waals surface area contributed by atoms with Gasteiger partial charge in [-0.2, -0.15) is 5.26 Å². The molecule has 0 saturated heterocycles. The summed E-state index contributed by atoms with van der Waals surface area (Å²) in [5.74, 6) is 3.29. The van der Waals surface area contributed by atoms with Gasteiger partial charge in [0.05, 0.1) is 6.07 Å². The van der Waals surface area contributed by atoms with Crippen LogP contribution < -0.4 is 5.32 Å². The third-order valence-electron chi connectivity index (χ3n) is 4.52. The van der Waals surface area contributed by atoms with Gasteiger partial charge >= 0.3 is 0 Å². The van der Waals surface area contributed by atoms with E-state index in [0.29, 0.717) is 6.42 Å². The number of hydrogen-bond acceptors (Lipinski definition) is 3. The summed E-state index contributed by atoms with van der Waals surface area (Å²) in [4.78, 5) is 12.7. The standard InChI is InChI=1S/C26H32N2O2Si/c1-20(2)19-24(26(29)28-17-16-27)30-25(22-9-7-6-8-10-22)23-13-11-21(12-14-23)15-18-31(3,4)5/h6-14,20,24-25H,17,19H2,1-5H3,(H,28,29)/t24-,25+/m0/s1. The molecule has 0 aliphatic rings. The number of hydrogen-bond donors (Lipinski definition) is 1. The zero-order valence-corrected chi connectivity index (χ0v) is 20.1. The van der Waals surface area contributed by atoms with Gasteiger partial charge in [0.25, 0.3) is 0 Å². The minimum absolute atomic E-state index is 0.0305. The Labute approximate surface area is 187 Å². The molecular formula is C26H32N2O2Si. The number of nitrogens with one attached hydrogen (secondary N) is 1. The smallest absolute Gasteiger partial charge is 0.250 e. The lowest BCUT2D eigenvalue weighted by Gasteiger charge is -2.26. The first-order valence-corrected chi connectivity index (χ1v) is 14.2. The highest BCUT2D eigenvalue weighted by molar-refractivity contribution is 6.83. The monoisotopic (exact) mass is 432 g/mol. The molecule has 0 aromatic heterocycles. The molecule has 0 heterocycles. The fourth-order valence-electron chi connectivity index (χ4n) is 3.04. The summed E-state index contributed by atoms with van der Waals surface area (Å²) in [7, 11) is -1.44. The molecule has 0 fully saturated rings. The second kappa shape index (κ2) is 11.5. The van der Waals surface area contributed by atoms with E-state index in [0.717, 1.165) is 16.7 Å². The molecule has 1 amide bonds. The Balaban J connectivity index is 2.35. The summed E-state index contributed by atoms with van der Waals surface area (Å²) in [6, 6.07) is 19.9. The number of rotatable bonds is 8.